The van der Waals surface area contributed by atoms with Crippen molar-refractivity contribution in [1.29, 1.82) is 0 Å². The summed E-state index contributed by atoms with van der Waals surface area (Å²) in [6.45, 7) is 19.8. The Balaban J connectivity index is 2.19. The molecule has 0 aromatic rings. The Morgan fingerprint density at radius 1 is 1.00 bits per heavy atom. The molecule has 0 radical (unpaired) electrons. The van der Waals surface area contributed by atoms with E-state index in [4.69, 9.17) is 0 Å². The minimum absolute atomic E-state index is 0.578. The van der Waals surface area contributed by atoms with Crippen LogP contribution >= 0.6 is 0 Å². The zero-order valence-electron chi connectivity index (χ0n) is 12.5. The Morgan fingerprint density at radius 3 is 1.81 bits per heavy atom. The predicted octanol–water partition coefficient (Wildman–Crippen LogP) is 4.99. The molecule has 0 N–H and O–H groups in total. The molecule has 0 aromatic heterocycles. The van der Waals surface area contributed by atoms with Crippen molar-refractivity contribution in [3.05, 3.63) is 0 Å². The van der Waals surface area contributed by atoms with Gasteiger partial charge in [-0.2, -0.15) is 0 Å². The van der Waals surface area contributed by atoms with E-state index in [1.807, 2.05) is 0 Å². The van der Waals surface area contributed by atoms with Gasteiger partial charge in [0.25, 0.3) is 0 Å². The summed E-state index contributed by atoms with van der Waals surface area (Å²) in [5.74, 6) is 3.58. The molecule has 0 aromatic carbocycles. The highest BCUT2D eigenvalue weighted by Crippen LogP contribution is 2.91. The summed E-state index contributed by atoms with van der Waals surface area (Å²) in [6, 6.07) is 0. The van der Waals surface area contributed by atoms with E-state index < -0.39 is 0 Å². The monoisotopic (exact) mass is 222 g/mol. The van der Waals surface area contributed by atoms with Crippen molar-refractivity contribution in [3.8, 4) is 0 Å². The fourth-order valence-corrected chi connectivity index (χ4v) is 5.81. The molecular formula is C16H30. The van der Waals surface area contributed by atoms with E-state index >= 15 is 0 Å². The van der Waals surface area contributed by atoms with Crippen LogP contribution in [0.1, 0.15) is 61.8 Å². The molecule has 2 saturated carbocycles. The van der Waals surface area contributed by atoms with Gasteiger partial charge in [0.15, 0.2) is 0 Å². The molecule has 0 aliphatic heterocycles. The predicted molar refractivity (Wildman–Crippen MR) is 71.3 cm³/mol. The molecule has 0 nitrogen and oxygen atoms in total. The lowest BCUT2D eigenvalue weighted by molar-refractivity contribution is 0.00291. The van der Waals surface area contributed by atoms with Crippen LogP contribution in [-0.2, 0) is 0 Å². The van der Waals surface area contributed by atoms with Crippen molar-refractivity contribution in [1.82, 2.24) is 0 Å². The van der Waals surface area contributed by atoms with Gasteiger partial charge in [0.2, 0.25) is 0 Å². The van der Waals surface area contributed by atoms with Crippen molar-refractivity contribution in [2.24, 2.45) is 39.9 Å². The first-order chi connectivity index (χ1) is 7.11. The Bertz CT molecular complexity index is 301. The van der Waals surface area contributed by atoms with E-state index in [-0.39, 0.29) is 0 Å². The van der Waals surface area contributed by atoms with Gasteiger partial charge < -0.3 is 0 Å². The van der Waals surface area contributed by atoms with Gasteiger partial charge in [-0.25, -0.2) is 0 Å². The minimum Gasteiger partial charge on any atom is -0.0628 e. The van der Waals surface area contributed by atoms with E-state index in [1.165, 1.54) is 6.42 Å². The second kappa shape index (κ2) is 3.06. The summed E-state index contributed by atoms with van der Waals surface area (Å²) in [5, 5.41) is 0. The van der Waals surface area contributed by atoms with Crippen molar-refractivity contribution in [2.75, 3.05) is 0 Å². The third kappa shape index (κ3) is 1.07. The Morgan fingerprint density at radius 2 is 1.50 bits per heavy atom. The van der Waals surface area contributed by atoms with Gasteiger partial charge in [0.05, 0.1) is 0 Å². The van der Waals surface area contributed by atoms with Crippen LogP contribution < -0.4 is 0 Å². The van der Waals surface area contributed by atoms with Crippen LogP contribution in [0.3, 0.4) is 0 Å². The third-order valence-corrected chi connectivity index (χ3v) is 6.88. The van der Waals surface area contributed by atoms with E-state index in [1.54, 1.807) is 0 Å². The van der Waals surface area contributed by atoms with Gasteiger partial charge in [-0.15, -0.1) is 0 Å². The molecule has 94 valence electrons. The van der Waals surface area contributed by atoms with E-state index in [0.717, 1.165) is 23.7 Å². The number of hydrogen-bond donors (Lipinski definition) is 0. The average molecular weight is 222 g/mol. The SMILES string of the molecule is CC(C)CC(C)C1(C)C2C(C)(C)C(C)C21C. The summed E-state index contributed by atoms with van der Waals surface area (Å²) in [4.78, 5) is 0. The maximum Gasteiger partial charge on any atom is -0.0197 e. The molecule has 0 amide bonds. The lowest BCUT2D eigenvalue weighted by Gasteiger charge is -2.47. The lowest BCUT2D eigenvalue weighted by Crippen LogP contribution is -2.42. The van der Waals surface area contributed by atoms with Crippen LogP contribution in [0.4, 0.5) is 0 Å². The largest absolute Gasteiger partial charge is 0.0628 e. The zero-order valence-corrected chi connectivity index (χ0v) is 12.5. The van der Waals surface area contributed by atoms with Crippen LogP contribution in [-0.4, -0.2) is 0 Å². The summed E-state index contributed by atoms with van der Waals surface area (Å²) < 4.78 is 0. The van der Waals surface area contributed by atoms with Crippen molar-refractivity contribution in [2.45, 2.75) is 61.8 Å². The molecule has 0 heteroatoms. The zero-order chi connectivity index (χ0) is 12.5. The maximum atomic E-state index is 2.57. The van der Waals surface area contributed by atoms with Crippen LogP contribution in [0.5, 0.6) is 0 Å². The fraction of sp³-hybridized carbons (Fsp3) is 1.00. The fourth-order valence-electron chi connectivity index (χ4n) is 5.81. The second-order valence-corrected chi connectivity index (χ2v) is 8.07. The highest BCUT2D eigenvalue weighted by atomic mass is 14.9. The van der Waals surface area contributed by atoms with Gasteiger partial charge in [-0.1, -0.05) is 55.4 Å². The standard InChI is InChI=1S/C16H30/c1-10(2)9-11(3)15(7)13-14(5,6)12(4)16(13,15)8/h10-13H,9H2,1-8H3. The summed E-state index contributed by atoms with van der Waals surface area (Å²) in [7, 11) is 0. The molecule has 2 aliphatic carbocycles. The first-order valence-electron chi connectivity index (χ1n) is 7.11. The molecule has 16 heavy (non-hydrogen) atoms. The van der Waals surface area contributed by atoms with Crippen LogP contribution in [0.2, 0.25) is 0 Å². The molecule has 2 aliphatic rings. The van der Waals surface area contributed by atoms with E-state index in [2.05, 4.69) is 55.4 Å². The van der Waals surface area contributed by atoms with Gasteiger partial charge in [0, 0.05) is 0 Å². The summed E-state index contributed by atoms with van der Waals surface area (Å²) >= 11 is 0. The molecule has 0 spiro atoms. The summed E-state index contributed by atoms with van der Waals surface area (Å²) in [5.41, 5.74) is 1.83. The van der Waals surface area contributed by atoms with E-state index in [0.29, 0.717) is 16.2 Å². The third-order valence-electron chi connectivity index (χ3n) is 6.88. The molecule has 2 fully saturated rings. The highest BCUT2D eigenvalue weighted by Gasteiger charge is 2.86. The molecule has 0 bridgehead atoms. The molecule has 0 heterocycles. The van der Waals surface area contributed by atoms with Crippen molar-refractivity contribution >= 4 is 0 Å². The quantitative estimate of drug-likeness (QED) is 0.631. The topological polar surface area (TPSA) is 0 Å². The smallest absolute Gasteiger partial charge is 0.0197 e. The normalized spacial score (nSPS) is 50.8. The number of fused-ring (bicyclic) bond motifs is 1. The molecule has 0 saturated heterocycles. The highest BCUT2D eigenvalue weighted by molar-refractivity contribution is 5.33. The van der Waals surface area contributed by atoms with Gasteiger partial charge in [-0.05, 0) is 46.3 Å². The number of hydrogen-bond acceptors (Lipinski definition) is 0. The average Bonchev–Trinajstić information content (AvgIpc) is 2.63. The second-order valence-electron chi connectivity index (χ2n) is 8.07. The van der Waals surface area contributed by atoms with Crippen molar-refractivity contribution in [3.63, 3.8) is 0 Å². The maximum absolute atomic E-state index is 2.57. The van der Waals surface area contributed by atoms with Crippen LogP contribution in [0.15, 0.2) is 0 Å². The van der Waals surface area contributed by atoms with Gasteiger partial charge in [-0.3, -0.25) is 0 Å². The lowest BCUT2D eigenvalue weighted by atomic mass is 9.57. The Hall–Kier alpha value is 0. The molecule has 2 rings (SSSR count). The van der Waals surface area contributed by atoms with E-state index in [9.17, 15) is 0 Å². The van der Waals surface area contributed by atoms with Gasteiger partial charge >= 0.3 is 0 Å². The minimum atomic E-state index is 0.578. The molecule has 5 atom stereocenters. The Labute approximate surface area is 102 Å². The van der Waals surface area contributed by atoms with Crippen molar-refractivity contribution < 1.29 is 0 Å². The number of rotatable bonds is 3. The first kappa shape index (κ1) is 12.5. The Kier molecular flexibility index (Phi) is 2.38. The summed E-state index contributed by atoms with van der Waals surface area (Å²) in [6.07, 6.45) is 1.39. The molecular weight excluding hydrogens is 192 g/mol. The van der Waals surface area contributed by atoms with Crippen LogP contribution in [0.25, 0.3) is 0 Å². The molecule has 5 unspecified atom stereocenters. The first-order valence-corrected chi connectivity index (χ1v) is 7.11. The van der Waals surface area contributed by atoms with Crippen LogP contribution in [0, 0.1) is 39.9 Å². The van der Waals surface area contributed by atoms with Gasteiger partial charge in [0.1, 0.15) is 0 Å².